The van der Waals surface area contributed by atoms with E-state index in [-0.39, 0.29) is 18.0 Å². The minimum Gasteiger partial charge on any atom is -0.331 e. The van der Waals surface area contributed by atoms with Crippen LogP contribution in [-0.4, -0.2) is 32.1 Å². The maximum absolute atomic E-state index is 13.6. The molecule has 3 aromatic rings. The molecule has 0 radical (unpaired) electrons. The van der Waals surface area contributed by atoms with E-state index in [4.69, 9.17) is 4.98 Å². The van der Waals surface area contributed by atoms with Gasteiger partial charge in [0.05, 0.1) is 23.2 Å². The molecule has 3 aromatic heterocycles. The zero-order valence-corrected chi connectivity index (χ0v) is 16.6. The zero-order chi connectivity index (χ0) is 18.5. The second-order valence-corrected chi connectivity index (χ2v) is 8.94. The third-order valence-corrected chi connectivity index (χ3v) is 6.66. The predicted molar refractivity (Wildman–Crippen MR) is 107 cm³/mol. The zero-order valence-electron chi connectivity index (χ0n) is 15.8. The molecule has 0 aromatic carbocycles. The number of hydrogen-bond acceptors (Lipinski definition) is 4. The van der Waals surface area contributed by atoms with Gasteiger partial charge in [0, 0.05) is 29.1 Å². The van der Waals surface area contributed by atoms with Crippen molar-refractivity contribution >= 4 is 28.3 Å². The summed E-state index contributed by atoms with van der Waals surface area (Å²) < 4.78 is 1.94. The quantitative estimate of drug-likeness (QED) is 0.645. The summed E-state index contributed by atoms with van der Waals surface area (Å²) in [4.78, 5) is 21.8. The van der Waals surface area contributed by atoms with E-state index in [0.29, 0.717) is 5.92 Å². The maximum Gasteiger partial charge on any atom is 0.255 e. The summed E-state index contributed by atoms with van der Waals surface area (Å²) in [6, 6.07) is 6.68. The molecule has 2 aliphatic rings. The summed E-state index contributed by atoms with van der Waals surface area (Å²) in [6.45, 7) is 5.03. The van der Waals surface area contributed by atoms with E-state index in [1.54, 1.807) is 11.3 Å². The average molecular weight is 381 g/mol. The lowest BCUT2D eigenvalue weighted by Crippen LogP contribution is -2.30. The highest BCUT2D eigenvalue weighted by molar-refractivity contribution is 7.10. The normalized spacial score (nSPS) is 20.1. The molecule has 1 saturated heterocycles. The smallest absolute Gasteiger partial charge is 0.255 e. The van der Waals surface area contributed by atoms with Gasteiger partial charge in [0.25, 0.3) is 5.91 Å². The van der Waals surface area contributed by atoms with Crippen LogP contribution >= 0.6 is 11.3 Å². The first-order chi connectivity index (χ1) is 13.1. The summed E-state index contributed by atoms with van der Waals surface area (Å²) in [5, 5.41) is 7.52. The van der Waals surface area contributed by atoms with Crippen LogP contribution in [0, 0.1) is 0 Å². The van der Waals surface area contributed by atoms with Gasteiger partial charge >= 0.3 is 0 Å². The molecular formula is C21H24N4OS. The molecule has 1 aliphatic heterocycles. The van der Waals surface area contributed by atoms with E-state index in [2.05, 4.69) is 41.4 Å². The Morgan fingerprint density at radius 3 is 2.85 bits per heavy atom. The molecule has 0 unspecified atom stereocenters. The molecule has 140 valence electrons. The van der Waals surface area contributed by atoms with E-state index >= 15 is 0 Å². The second kappa shape index (κ2) is 6.44. The van der Waals surface area contributed by atoms with Gasteiger partial charge in [-0.25, -0.2) is 9.67 Å². The number of nitrogens with zero attached hydrogens (tertiary/aromatic N) is 4. The first kappa shape index (κ1) is 16.9. The van der Waals surface area contributed by atoms with Gasteiger partial charge in [-0.2, -0.15) is 5.10 Å². The molecule has 2 fully saturated rings. The maximum atomic E-state index is 13.6. The Morgan fingerprint density at radius 2 is 2.15 bits per heavy atom. The van der Waals surface area contributed by atoms with Gasteiger partial charge in [-0.3, -0.25) is 4.79 Å². The molecule has 6 heteroatoms. The van der Waals surface area contributed by atoms with Crippen molar-refractivity contribution in [2.24, 2.45) is 0 Å². The fraction of sp³-hybridized carbons (Fsp3) is 0.476. The van der Waals surface area contributed by atoms with Gasteiger partial charge in [0.15, 0.2) is 5.65 Å². The average Bonchev–Trinajstić information content (AvgIpc) is 3.07. The van der Waals surface area contributed by atoms with Gasteiger partial charge in [-0.1, -0.05) is 6.07 Å². The summed E-state index contributed by atoms with van der Waals surface area (Å²) >= 11 is 1.74. The largest absolute Gasteiger partial charge is 0.331 e. The van der Waals surface area contributed by atoms with Gasteiger partial charge in [0.2, 0.25) is 0 Å². The third kappa shape index (κ3) is 2.87. The monoisotopic (exact) mass is 380 g/mol. The Kier molecular flexibility index (Phi) is 4.04. The first-order valence-electron chi connectivity index (χ1n) is 9.86. The Labute approximate surface area is 163 Å². The van der Waals surface area contributed by atoms with Crippen LogP contribution in [-0.2, 0) is 0 Å². The number of fused-ring (bicyclic) bond motifs is 1. The van der Waals surface area contributed by atoms with E-state index in [0.717, 1.165) is 41.7 Å². The molecule has 1 aliphatic carbocycles. The highest BCUT2D eigenvalue weighted by Crippen LogP contribution is 2.41. The van der Waals surface area contributed by atoms with Crippen molar-refractivity contribution in [3.8, 4) is 0 Å². The second-order valence-electron chi connectivity index (χ2n) is 7.96. The summed E-state index contributed by atoms with van der Waals surface area (Å²) in [6.07, 6.45) is 6.26. The molecule has 0 spiro atoms. The van der Waals surface area contributed by atoms with Crippen LogP contribution in [0.15, 0.2) is 29.8 Å². The van der Waals surface area contributed by atoms with Crippen molar-refractivity contribution in [1.82, 2.24) is 19.7 Å². The minimum absolute atomic E-state index is 0.128. The fourth-order valence-corrected chi connectivity index (χ4v) is 5.00. The van der Waals surface area contributed by atoms with E-state index in [1.807, 2.05) is 16.9 Å². The van der Waals surface area contributed by atoms with Gasteiger partial charge < -0.3 is 4.90 Å². The molecular weight excluding hydrogens is 356 g/mol. The lowest BCUT2D eigenvalue weighted by Gasteiger charge is -2.24. The highest BCUT2D eigenvalue weighted by atomic mass is 32.1. The van der Waals surface area contributed by atoms with Crippen molar-refractivity contribution in [3.05, 3.63) is 45.9 Å². The van der Waals surface area contributed by atoms with Crippen LogP contribution in [0.2, 0.25) is 0 Å². The first-order valence-corrected chi connectivity index (χ1v) is 10.7. The van der Waals surface area contributed by atoms with Crippen LogP contribution in [0.1, 0.15) is 78.5 Å². The van der Waals surface area contributed by atoms with Crippen LogP contribution in [0.25, 0.3) is 11.0 Å². The Hall–Kier alpha value is -2.21. The van der Waals surface area contributed by atoms with Crippen molar-refractivity contribution < 1.29 is 4.79 Å². The van der Waals surface area contributed by atoms with Crippen LogP contribution in [0.5, 0.6) is 0 Å². The standard InChI is InChI=1S/C21H24N4OS/c1-13(2)25-20-16(12-22-25)15(11-17(23-20)14-7-8-14)21(26)24-9-3-5-18(24)19-6-4-10-27-19/h4,6,10-14,18H,3,5,7-9H2,1-2H3/t18-/m0/s1. The number of carbonyl (C=O) groups excluding carboxylic acids is 1. The molecule has 1 saturated carbocycles. The van der Waals surface area contributed by atoms with Crippen molar-refractivity contribution in [2.75, 3.05) is 6.54 Å². The van der Waals surface area contributed by atoms with E-state index < -0.39 is 0 Å². The molecule has 5 nitrogen and oxygen atoms in total. The summed E-state index contributed by atoms with van der Waals surface area (Å²) in [5.74, 6) is 0.631. The number of pyridine rings is 1. The number of amides is 1. The molecule has 0 bridgehead atoms. The number of likely N-dealkylation sites (tertiary alicyclic amines) is 1. The van der Waals surface area contributed by atoms with Gasteiger partial charge in [0.1, 0.15) is 0 Å². The molecule has 27 heavy (non-hydrogen) atoms. The van der Waals surface area contributed by atoms with Crippen molar-refractivity contribution in [3.63, 3.8) is 0 Å². The van der Waals surface area contributed by atoms with Crippen molar-refractivity contribution in [1.29, 1.82) is 0 Å². The van der Waals surface area contributed by atoms with Gasteiger partial charge in [-0.05, 0) is 57.0 Å². The van der Waals surface area contributed by atoms with Gasteiger partial charge in [-0.15, -0.1) is 11.3 Å². The Balaban J connectivity index is 1.60. The number of hydrogen-bond donors (Lipinski definition) is 0. The topological polar surface area (TPSA) is 51.0 Å². The fourth-order valence-electron chi connectivity index (χ4n) is 4.12. The summed E-state index contributed by atoms with van der Waals surface area (Å²) in [5.41, 5.74) is 2.68. The summed E-state index contributed by atoms with van der Waals surface area (Å²) in [7, 11) is 0. The Morgan fingerprint density at radius 1 is 1.30 bits per heavy atom. The number of aromatic nitrogens is 3. The molecule has 4 heterocycles. The van der Waals surface area contributed by atoms with Crippen LogP contribution in [0.4, 0.5) is 0 Å². The van der Waals surface area contributed by atoms with E-state index in [9.17, 15) is 4.79 Å². The SMILES string of the molecule is CC(C)n1ncc2c(C(=O)N3CCC[C@H]3c3cccs3)cc(C3CC3)nc21. The number of carbonyl (C=O) groups is 1. The lowest BCUT2D eigenvalue weighted by atomic mass is 10.1. The molecule has 0 N–H and O–H groups in total. The molecule has 1 amide bonds. The predicted octanol–water partition coefficient (Wildman–Crippen LogP) is 4.93. The number of thiophene rings is 1. The third-order valence-electron chi connectivity index (χ3n) is 5.69. The lowest BCUT2D eigenvalue weighted by molar-refractivity contribution is 0.0739. The number of rotatable bonds is 4. The van der Waals surface area contributed by atoms with Crippen molar-refractivity contribution in [2.45, 2.75) is 57.5 Å². The Bertz CT molecular complexity index is 987. The molecule has 1 atom stereocenters. The van der Waals surface area contributed by atoms with Crippen LogP contribution in [0.3, 0.4) is 0 Å². The van der Waals surface area contributed by atoms with E-state index in [1.165, 1.54) is 17.7 Å². The minimum atomic E-state index is 0.128. The van der Waals surface area contributed by atoms with Crippen LogP contribution < -0.4 is 0 Å². The molecule has 5 rings (SSSR count). The highest BCUT2D eigenvalue weighted by Gasteiger charge is 2.34.